The van der Waals surface area contributed by atoms with E-state index in [1.54, 1.807) is 4.90 Å². The number of halogens is 1. The molecule has 1 aliphatic heterocycles. The molecule has 1 atom stereocenters. The molecule has 10 heteroatoms. The zero-order chi connectivity index (χ0) is 26.4. The molecule has 1 aliphatic rings. The van der Waals surface area contributed by atoms with Crippen molar-refractivity contribution in [3.05, 3.63) is 83.4 Å². The normalized spacial score (nSPS) is 14.8. The van der Waals surface area contributed by atoms with Gasteiger partial charge in [0.1, 0.15) is 6.04 Å². The van der Waals surface area contributed by atoms with E-state index in [1.807, 2.05) is 54.6 Å². The van der Waals surface area contributed by atoms with Gasteiger partial charge in [-0.3, -0.25) is 4.79 Å². The second kappa shape index (κ2) is 11.9. The molecule has 1 saturated heterocycles. The van der Waals surface area contributed by atoms with Crippen molar-refractivity contribution in [3.8, 4) is 11.5 Å². The maximum atomic E-state index is 13.6. The van der Waals surface area contributed by atoms with Crippen molar-refractivity contribution in [2.45, 2.75) is 17.4 Å². The van der Waals surface area contributed by atoms with E-state index in [-0.39, 0.29) is 23.0 Å². The number of carbonyl (C=O) groups excluding carboxylic acids is 1. The highest BCUT2D eigenvalue weighted by Crippen LogP contribution is 2.29. The number of hydrogen-bond donors (Lipinski definition) is 1. The Labute approximate surface area is 222 Å². The predicted octanol–water partition coefficient (Wildman–Crippen LogP) is 3.60. The van der Waals surface area contributed by atoms with Crippen molar-refractivity contribution < 1.29 is 22.7 Å². The summed E-state index contributed by atoms with van der Waals surface area (Å²) in [5.41, 5.74) is 1.85. The van der Waals surface area contributed by atoms with Gasteiger partial charge in [-0.05, 0) is 42.3 Å². The van der Waals surface area contributed by atoms with Crippen LogP contribution in [0.5, 0.6) is 11.5 Å². The molecular formula is C27H30ClN3O5S. The molecule has 37 heavy (non-hydrogen) atoms. The molecule has 4 rings (SSSR count). The lowest BCUT2D eigenvalue weighted by molar-refractivity contribution is -0.133. The van der Waals surface area contributed by atoms with Gasteiger partial charge in [0.2, 0.25) is 15.9 Å². The van der Waals surface area contributed by atoms with Crippen molar-refractivity contribution in [1.29, 1.82) is 0 Å². The van der Waals surface area contributed by atoms with Crippen molar-refractivity contribution in [2.24, 2.45) is 0 Å². The summed E-state index contributed by atoms with van der Waals surface area (Å²) in [6.07, 6.45) is 0.223. The van der Waals surface area contributed by atoms with Crippen LogP contribution in [0.2, 0.25) is 5.02 Å². The molecule has 8 nitrogen and oxygen atoms in total. The minimum absolute atomic E-state index is 0.0122. The average molecular weight is 544 g/mol. The first-order valence-electron chi connectivity index (χ1n) is 11.9. The first-order chi connectivity index (χ1) is 17.8. The molecule has 1 N–H and O–H groups in total. The van der Waals surface area contributed by atoms with E-state index in [0.29, 0.717) is 37.0 Å². The minimum atomic E-state index is -4.04. The summed E-state index contributed by atoms with van der Waals surface area (Å²) in [4.78, 5) is 17.5. The van der Waals surface area contributed by atoms with Gasteiger partial charge < -0.3 is 19.3 Å². The number of nitrogens with zero attached hydrogens (tertiary/aromatic N) is 2. The van der Waals surface area contributed by atoms with Gasteiger partial charge in [0.25, 0.3) is 0 Å². The maximum absolute atomic E-state index is 13.6. The van der Waals surface area contributed by atoms with Gasteiger partial charge in [0, 0.05) is 43.0 Å². The third-order valence-electron chi connectivity index (χ3n) is 6.31. The number of benzene rings is 3. The first-order valence-corrected chi connectivity index (χ1v) is 13.7. The van der Waals surface area contributed by atoms with E-state index in [2.05, 4.69) is 9.62 Å². The predicted molar refractivity (Wildman–Crippen MR) is 144 cm³/mol. The summed E-state index contributed by atoms with van der Waals surface area (Å²) in [6, 6.07) is 20.3. The Morgan fingerprint density at radius 1 is 0.919 bits per heavy atom. The van der Waals surface area contributed by atoms with E-state index >= 15 is 0 Å². The van der Waals surface area contributed by atoms with Crippen LogP contribution in [0.15, 0.2) is 77.7 Å². The Balaban J connectivity index is 1.53. The molecule has 196 valence electrons. The number of nitrogens with one attached hydrogen (secondary N) is 1. The number of anilines is 1. The fourth-order valence-corrected chi connectivity index (χ4v) is 5.74. The molecule has 3 aromatic carbocycles. The van der Waals surface area contributed by atoms with Crippen molar-refractivity contribution in [1.82, 2.24) is 9.62 Å². The standard InChI is InChI=1S/C27H30ClN3O5S/c1-35-25-12-11-23(19-26(25)36-2)37(33,34)29-24(17-20-7-4-3-5-8-20)27(32)31-15-13-30(14-16-31)22-10-6-9-21(28)18-22/h3-12,18-19,24,29H,13-17H2,1-2H3/t24-/m1/s1. The molecular weight excluding hydrogens is 514 g/mol. The van der Waals surface area contributed by atoms with Crippen LogP contribution in [-0.4, -0.2) is 65.7 Å². The van der Waals surface area contributed by atoms with Crippen LogP contribution in [0.4, 0.5) is 5.69 Å². The molecule has 3 aromatic rings. The minimum Gasteiger partial charge on any atom is -0.493 e. The molecule has 0 saturated carbocycles. The van der Waals surface area contributed by atoms with Crippen LogP contribution in [-0.2, 0) is 21.2 Å². The topological polar surface area (TPSA) is 88.2 Å². The lowest BCUT2D eigenvalue weighted by Gasteiger charge is -2.37. The summed E-state index contributed by atoms with van der Waals surface area (Å²) in [6.45, 7) is 2.17. The largest absolute Gasteiger partial charge is 0.493 e. The monoisotopic (exact) mass is 543 g/mol. The van der Waals surface area contributed by atoms with E-state index in [1.165, 1.54) is 32.4 Å². The summed E-state index contributed by atoms with van der Waals surface area (Å²) >= 11 is 6.14. The van der Waals surface area contributed by atoms with Crippen LogP contribution < -0.4 is 19.1 Å². The van der Waals surface area contributed by atoms with Gasteiger partial charge in [-0.2, -0.15) is 4.72 Å². The van der Waals surface area contributed by atoms with Crippen molar-refractivity contribution in [2.75, 3.05) is 45.3 Å². The van der Waals surface area contributed by atoms with Crippen LogP contribution in [0.1, 0.15) is 5.56 Å². The Bertz CT molecular complexity index is 1330. The number of rotatable bonds is 9. The maximum Gasteiger partial charge on any atom is 0.241 e. The summed E-state index contributed by atoms with van der Waals surface area (Å²) in [5.74, 6) is 0.433. The van der Waals surface area contributed by atoms with E-state index in [9.17, 15) is 13.2 Å². The number of methoxy groups -OCH3 is 2. The highest BCUT2D eigenvalue weighted by molar-refractivity contribution is 7.89. The van der Waals surface area contributed by atoms with Gasteiger partial charge in [-0.15, -0.1) is 0 Å². The number of sulfonamides is 1. The number of piperazine rings is 1. The highest BCUT2D eigenvalue weighted by Gasteiger charge is 2.32. The molecule has 0 unspecified atom stereocenters. The number of ether oxygens (including phenoxy) is 2. The van der Waals surface area contributed by atoms with Crippen LogP contribution in [0, 0.1) is 0 Å². The SMILES string of the molecule is COc1ccc(S(=O)(=O)N[C@H](Cc2ccccc2)C(=O)N2CCN(c3cccc(Cl)c3)CC2)cc1OC. The lowest BCUT2D eigenvalue weighted by Crippen LogP contribution is -2.55. The number of amides is 1. The van der Waals surface area contributed by atoms with Gasteiger partial charge in [0.05, 0.1) is 19.1 Å². The summed E-state index contributed by atoms with van der Waals surface area (Å²) in [5, 5.41) is 0.656. The zero-order valence-corrected chi connectivity index (χ0v) is 22.3. The van der Waals surface area contributed by atoms with Gasteiger partial charge in [-0.1, -0.05) is 48.0 Å². The van der Waals surface area contributed by atoms with Gasteiger partial charge in [0.15, 0.2) is 11.5 Å². The second-order valence-corrected chi connectivity index (χ2v) is 10.8. The van der Waals surface area contributed by atoms with E-state index < -0.39 is 16.1 Å². The zero-order valence-electron chi connectivity index (χ0n) is 20.8. The first kappa shape index (κ1) is 26.8. The Morgan fingerprint density at radius 3 is 2.27 bits per heavy atom. The highest BCUT2D eigenvalue weighted by atomic mass is 35.5. The molecule has 1 fully saturated rings. The molecule has 0 aromatic heterocycles. The van der Waals surface area contributed by atoms with Crippen LogP contribution in [0.25, 0.3) is 0 Å². The lowest BCUT2D eigenvalue weighted by atomic mass is 10.1. The third-order valence-corrected chi connectivity index (χ3v) is 8.01. The van der Waals surface area contributed by atoms with Crippen molar-refractivity contribution in [3.63, 3.8) is 0 Å². The quantitative estimate of drug-likeness (QED) is 0.444. The van der Waals surface area contributed by atoms with E-state index in [4.69, 9.17) is 21.1 Å². The second-order valence-electron chi connectivity index (χ2n) is 8.67. The van der Waals surface area contributed by atoms with E-state index in [0.717, 1.165) is 11.3 Å². The molecule has 1 heterocycles. The van der Waals surface area contributed by atoms with Gasteiger partial charge in [-0.25, -0.2) is 8.42 Å². The molecule has 0 bridgehead atoms. The smallest absolute Gasteiger partial charge is 0.241 e. The molecule has 0 aliphatic carbocycles. The van der Waals surface area contributed by atoms with Gasteiger partial charge >= 0.3 is 0 Å². The number of hydrogen-bond acceptors (Lipinski definition) is 6. The summed E-state index contributed by atoms with van der Waals surface area (Å²) < 4.78 is 39.8. The fourth-order valence-electron chi connectivity index (χ4n) is 4.35. The Morgan fingerprint density at radius 2 is 1.62 bits per heavy atom. The van der Waals surface area contributed by atoms with Crippen LogP contribution in [0.3, 0.4) is 0 Å². The molecule has 0 radical (unpaired) electrons. The molecule has 0 spiro atoms. The third kappa shape index (κ3) is 6.54. The average Bonchev–Trinajstić information content (AvgIpc) is 2.92. The van der Waals surface area contributed by atoms with Crippen LogP contribution >= 0.6 is 11.6 Å². The fraction of sp³-hybridized carbons (Fsp3) is 0.296. The summed E-state index contributed by atoms with van der Waals surface area (Å²) in [7, 11) is -1.12. The Hall–Kier alpha value is -3.27. The van der Waals surface area contributed by atoms with Crippen molar-refractivity contribution >= 4 is 33.2 Å². The number of carbonyl (C=O) groups is 1. The molecule has 1 amide bonds. The Kier molecular flexibility index (Phi) is 8.58.